The van der Waals surface area contributed by atoms with Gasteiger partial charge in [-0.25, -0.2) is 8.78 Å². The maximum absolute atomic E-state index is 14.9. The second-order valence-electron chi connectivity index (χ2n) is 10.4. The highest BCUT2D eigenvalue weighted by Gasteiger charge is 2.27. The number of halogens is 2. The van der Waals surface area contributed by atoms with Crippen LogP contribution in [0.5, 0.6) is 0 Å². The second-order valence-corrected chi connectivity index (χ2v) is 10.4. The summed E-state index contributed by atoms with van der Waals surface area (Å²) in [6.07, 6.45) is 4.69. The van der Waals surface area contributed by atoms with Crippen LogP contribution in [-0.2, 0) is 4.79 Å². The number of nitrogens with zero attached hydrogens (tertiary/aromatic N) is 2. The summed E-state index contributed by atoms with van der Waals surface area (Å²) in [5.74, 6) is -0.883. The molecule has 2 aliphatic rings. The molecule has 0 spiro atoms. The van der Waals surface area contributed by atoms with Crippen LogP contribution < -0.4 is 5.32 Å². The first-order valence-electron chi connectivity index (χ1n) is 13.3. The summed E-state index contributed by atoms with van der Waals surface area (Å²) >= 11 is 0. The Hall–Kier alpha value is -3.58. The number of likely N-dealkylation sites (tertiary alicyclic amines) is 2. The van der Waals surface area contributed by atoms with Gasteiger partial charge in [0.25, 0.3) is 5.91 Å². The lowest BCUT2D eigenvalue weighted by Gasteiger charge is -2.32. The van der Waals surface area contributed by atoms with Crippen LogP contribution in [0, 0.1) is 11.6 Å². The summed E-state index contributed by atoms with van der Waals surface area (Å²) in [7, 11) is 2.00. The summed E-state index contributed by atoms with van der Waals surface area (Å²) in [5, 5.41) is 3.05. The molecule has 2 saturated heterocycles. The van der Waals surface area contributed by atoms with Crippen LogP contribution >= 0.6 is 0 Å². The van der Waals surface area contributed by atoms with Crippen molar-refractivity contribution in [2.75, 3.05) is 32.0 Å². The zero-order valence-electron chi connectivity index (χ0n) is 21.6. The second kappa shape index (κ2) is 11.4. The Bertz CT molecular complexity index is 1290. The molecular formula is C31H33F2N3O2. The molecule has 3 aromatic rings. The summed E-state index contributed by atoms with van der Waals surface area (Å²) < 4.78 is 28.1. The summed E-state index contributed by atoms with van der Waals surface area (Å²) in [5.41, 5.74) is 3.32. The van der Waals surface area contributed by atoms with E-state index in [1.54, 1.807) is 23.1 Å². The van der Waals surface area contributed by atoms with E-state index in [9.17, 15) is 18.4 Å². The molecule has 3 aromatic carbocycles. The smallest absolute Gasteiger partial charge is 0.256 e. The number of amides is 2. The fourth-order valence-electron chi connectivity index (χ4n) is 5.57. The molecule has 2 heterocycles. The van der Waals surface area contributed by atoms with Gasteiger partial charge in [-0.1, -0.05) is 36.8 Å². The fourth-order valence-corrected chi connectivity index (χ4v) is 5.57. The van der Waals surface area contributed by atoms with E-state index < -0.39 is 5.82 Å². The Kier molecular flexibility index (Phi) is 7.84. The topological polar surface area (TPSA) is 52.7 Å². The van der Waals surface area contributed by atoms with Crippen LogP contribution in [0.25, 0.3) is 11.1 Å². The van der Waals surface area contributed by atoms with Gasteiger partial charge in [0.2, 0.25) is 5.91 Å². The maximum atomic E-state index is 14.9. The van der Waals surface area contributed by atoms with Crippen LogP contribution in [0.2, 0.25) is 0 Å². The first-order chi connectivity index (χ1) is 18.4. The van der Waals surface area contributed by atoms with Crippen LogP contribution in [0.1, 0.15) is 53.9 Å². The molecule has 0 radical (unpaired) electrons. The van der Waals surface area contributed by atoms with E-state index in [0.717, 1.165) is 44.3 Å². The summed E-state index contributed by atoms with van der Waals surface area (Å²) in [6.45, 7) is 2.05. The van der Waals surface area contributed by atoms with Crippen LogP contribution in [0.3, 0.4) is 0 Å². The third-order valence-electron chi connectivity index (χ3n) is 7.88. The zero-order valence-corrected chi connectivity index (χ0v) is 21.6. The molecule has 0 aliphatic carbocycles. The number of likely N-dealkylation sites (N-methyl/N-ethyl adjacent to an activating group) is 1. The monoisotopic (exact) mass is 517 g/mol. The van der Waals surface area contributed by atoms with Gasteiger partial charge in [-0.15, -0.1) is 0 Å². The van der Waals surface area contributed by atoms with Crippen molar-refractivity contribution in [3.63, 3.8) is 0 Å². The number of rotatable bonds is 5. The average molecular weight is 518 g/mol. The predicted molar refractivity (Wildman–Crippen MR) is 145 cm³/mol. The van der Waals surface area contributed by atoms with Gasteiger partial charge >= 0.3 is 0 Å². The summed E-state index contributed by atoms with van der Waals surface area (Å²) in [6, 6.07) is 18.3. The molecule has 2 fully saturated rings. The molecule has 5 nitrogen and oxygen atoms in total. The number of nitrogens with one attached hydrogen (secondary N) is 1. The van der Waals surface area contributed by atoms with E-state index >= 15 is 0 Å². The van der Waals surface area contributed by atoms with Crippen LogP contribution in [-0.4, -0.2) is 54.3 Å². The molecule has 0 bridgehead atoms. The molecule has 198 valence electrons. The highest BCUT2D eigenvalue weighted by molar-refractivity contribution is 5.95. The molecule has 2 aliphatic heterocycles. The first-order valence-corrected chi connectivity index (χ1v) is 13.3. The van der Waals surface area contributed by atoms with E-state index in [0.29, 0.717) is 30.1 Å². The maximum Gasteiger partial charge on any atom is 0.256 e. The Balaban J connectivity index is 1.16. The molecular weight excluding hydrogens is 484 g/mol. The lowest BCUT2D eigenvalue weighted by molar-refractivity contribution is -0.121. The number of hydrogen-bond acceptors (Lipinski definition) is 3. The Morgan fingerprint density at radius 1 is 0.816 bits per heavy atom. The molecule has 0 unspecified atom stereocenters. The Labute approximate surface area is 222 Å². The largest absolute Gasteiger partial charge is 0.339 e. The number of anilines is 1. The number of carbonyl (C=O) groups is 2. The van der Waals surface area contributed by atoms with Gasteiger partial charge in [0.05, 0.1) is 11.6 Å². The standard InChI is InChI=1S/C31H33F2N3O2/c1-35-17-3-2-4-29(35)30(37)34-26-12-7-21(8-13-26)23-15-18-36(19-16-23)31(38)27-14-9-24(20-28(27)33)22-5-10-25(32)11-6-22/h5-14,20,23,29H,2-4,15-19H2,1H3,(H,34,37)/t29-/m1/s1. The van der Waals surface area contributed by atoms with Crippen LogP contribution in [0.4, 0.5) is 14.5 Å². The first kappa shape index (κ1) is 26.0. The van der Waals surface area contributed by atoms with Crippen molar-refractivity contribution in [3.8, 4) is 11.1 Å². The van der Waals surface area contributed by atoms with Gasteiger partial charge in [-0.3, -0.25) is 14.5 Å². The van der Waals surface area contributed by atoms with Gasteiger partial charge in [0.1, 0.15) is 11.6 Å². The van der Waals surface area contributed by atoms with Crippen molar-refractivity contribution >= 4 is 17.5 Å². The van der Waals surface area contributed by atoms with Gasteiger partial charge in [-0.2, -0.15) is 0 Å². The van der Waals surface area contributed by atoms with E-state index in [4.69, 9.17) is 0 Å². The lowest BCUT2D eigenvalue weighted by Crippen LogP contribution is -2.44. The van der Waals surface area contributed by atoms with Crippen molar-refractivity contribution in [1.29, 1.82) is 0 Å². The van der Waals surface area contributed by atoms with Gasteiger partial charge in [0, 0.05) is 18.8 Å². The molecule has 2 amide bonds. The fraction of sp³-hybridized carbons (Fsp3) is 0.355. The molecule has 7 heteroatoms. The van der Waals surface area contributed by atoms with E-state index in [2.05, 4.69) is 22.3 Å². The minimum Gasteiger partial charge on any atom is -0.339 e. The lowest BCUT2D eigenvalue weighted by atomic mass is 9.89. The SMILES string of the molecule is CN1CCCC[C@@H]1C(=O)Nc1ccc(C2CCN(C(=O)c3ccc(-c4ccc(F)cc4)cc3F)CC2)cc1. The van der Waals surface area contributed by atoms with E-state index in [1.165, 1.54) is 29.8 Å². The number of piperidine rings is 2. The Morgan fingerprint density at radius 2 is 1.50 bits per heavy atom. The molecule has 0 saturated carbocycles. The minimum absolute atomic E-state index is 0.0460. The summed E-state index contributed by atoms with van der Waals surface area (Å²) in [4.78, 5) is 29.6. The normalized spacial score (nSPS) is 18.8. The zero-order chi connectivity index (χ0) is 26.6. The van der Waals surface area contributed by atoms with E-state index in [1.807, 2.05) is 19.2 Å². The van der Waals surface area contributed by atoms with Crippen molar-refractivity contribution in [1.82, 2.24) is 9.80 Å². The van der Waals surface area contributed by atoms with E-state index in [-0.39, 0.29) is 29.2 Å². The Morgan fingerprint density at radius 3 is 2.16 bits per heavy atom. The molecule has 1 N–H and O–H groups in total. The molecule has 1 atom stereocenters. The molecule has 5 rings (SSSR count). The predicted octanol–water partition coefficient (Wildman–Crippen LogP) is 6.07. The van der Waals surface area contributed by atoms with Crippen molar-refractivity contribution < 1.29 is 18.4 Å². The number of carbonyl (C=O) groups excluding carboxylic acids is 2. The third-order valence-corrected chi connectivity index (χ3v) is 7.88. The third kappa shape index (κ3) is 5.78. The van der Waals surface area contributed by atoms with Crippen molar-refractivity contribution in [2.45, 2.75) is 44.1 Å². The van der Waals surface area contributed by atoms with Gasteiger partial charge in [0.15, 0.2) is 0 Å². The molecule has 0 aromatic heterocycles. The highest BCUT2D eigenvalue weighted by atomic mass is 19.1. The van der Waals surface area contributed by atoms with Crippen molar-refractivity contribution in [3.05, 3.63) is 89.5 Å². The number of benzene rings is 3. The van der Waals surface area contributed by atoms with Crippen LogP contribution in [0.15, 0.2) is 66.7 Å². The highest BCUT2D eigenvalue weighted by Crippen LogP contribution is 2.30. The quantitative estimate of drug-likeness (QED) is 0.447. The minimum atomic E-state index is -0.573. The number of hydrogen-bond donors (Lipinski definition) is 1. The van der Waals surface area contributed by atoms with Crippen molar-refractivity contribution in [2.24, 2.45) is 0 Å². The molecule has 38 heavy (non-hydrogen) atoms. The van der Waals surface area contributed by atoms with Gasteiger partial charge < -0.3 is 10.2 Å². The van der Waals surface area contributed by atoms with Gasteiger partial charge in [-0.05, 0) is 98.3 Å². The average Bonchev–Trinajstić information content (AvgIpc) is 2.94.